The monoisotopic (exact) mass is 288 g/mol. The van der Waals surface area contributed by atoms with Crippen molar-refractivity contribution in [1.29, 1.82) is 0 Å². The van der Waals surface area contributed by atoms with Gasteiger partial charge in [-0.1, -0.05) is 0 Å². The van der Waals surface area contributed by atoms with Crippen molar-refractivity contribution in [3.05, 3.63) is 29.3 Å². The van der Waals surface area contributed by atoms with Gasteiger partial charge in [0.1, 0.15) is 12.4 Å². The third-order valence-electron chi connectivity index (χ3n) is 2.97. The minimum atomic E-state index is -4.35. The molecule has 3 nitrogen and oxygen atoms in total. The molecular formula is C14H15F3O3. The van der Waals surface area contributed by atoms with Gasteiger partial charge in [-0.2, -0.15) is 13.2 Å². The lowest BCUT2D eigenvalue weighted by Crippen LogP contribution is -2.18. The average molecular weight is 288 g/mol. The van der Waals surface area contributed by atoms with Crippen LogP contribution >= 0.6 is 0 Å². The summed E-state index contributed by atoms with van der Waals surface area (Å²) in [6, 6.07) is 5.12. The highest BCUT2D eigenvalue weighted by atomic mass is 19.4. The number of rotatable bonds is 5. The molecule has 0 atom stereocenters. The predicted molar refractivity (Wildman–Crippen MR) is 66.1 cm³/mol. The van der Waals surface area contributed by atoms with E-state index in [1.165, 1.54) is 0 Å². The highest BCUT2D eigenvalue weighted by molar-refractivity contribution is 5.96. The van der Waals surface area contributed by atoms with Gasteiger partial charge in [-0.25, -0.2) is 0 Å². The summed E-state index contributed by atoms with van der Waals surface area (Å²) >= 11 is 0. The zero-order chi connectivity index (χ0) is 14.6. The lowest BCUT2D eigenvalue weighted by molar-refractivity contribution is -0.173. The molecule has 0 fully saturated rings. The Labute approximate surface area is 114 Å². The SMILES string of the molecule is O=C(CCOCC(F)(F)F)c1ccc2c(c1)CCCO2. The zero-order valence-electron chi connectivity index (χ0n) is 10.8. The molecule has 0 amide bonds. The molecule has 20 heavy (non-hydrogen) atoms. The summed E-state index contributed by atoms with van der Waals surface area (Å²) in [5, 5.41) is 0. The number of benzene rings is 1. The summed E-state index contributed by atoms with van der Waals surface area (Å²) in [7, 11) is 0. The van der Waals surface area contributed by atoms with Crippen LogP contribution in [0.3, 0.4) is 0 Å². The topological polar surface area (TPSA) is 35.5 Å². The van der Waals surface area contributed by atoms with Gasteiger partial charge in [-0.15, -0.1) is 0 Å². The molecule has 0 saturated carbocycles. The van der Waals surface area contributed by atoms with Crippen LogP contribution in [0.15, 0.2) is 18.2 Å². The Bertz CT molecular complexity index is 483. The van der Waals surface area contributed by atoms with E-state index in [1.807, 2.05) is 0 Å². The summed E-state index contributed by atoms with van der Waals surface area (Å²) in [5.74, 6) is 0.557. The van der Waals surface area contributed by atoms with Crippen molar-refractivity contribution in [3.8, 4) is 5.75 Å². The Balaban J connectivity index is 1.86. The highest BCUT2D eigenvalue weighted by Gasteiger charge is 2.27. The molecule has 1 aliphatic rings. The maximum absolute atomic E-state index is 11.9. The first kappa shape index (κ1) is 14.8. The molecule has 1 aromatic rings. The molecule has 1 aliphatic heterocycles. The number of Topliss-reactive ketones (excluding diaryl/α,β-unsaturated/α-hetero) is 1. The number of alkyl halides is 3. The second-order valence-electron chi connectivity index (χ2n) is 4.62. The van der Waals surface area contributed by atoms with Crippen LogP contribution in [-0.4, -0.2) is 31.8 Å². The molecule has 2 rings (SSSR count). The van der Waals surface area contributed by atoms with Crippen molar-refractivity contribution in [2.45, 2.75) is 25.4 Å². The van der Waals surface area contributed by atoms with Crippen molar-refractivity contribution >= 4 is 5.78 Å². The molecule has 0 radical (unpaired) electrons. The van der Waals surface area contributed by atoms with E-state index in [1.54, 1.807) is 18.2 Å². The molecule has 0 spiro atoms. The second-order valence-corrected chi connectivity index (χ2v) is 4.62. The Morgan fingerprint density at radius 1 is 1.35 bits per heavy atom. The van der Waals surface area contributed by atoms with Crippen LogP contribution in [0.25, 0.3) is 0 Å². The minimum Gasteiger partial charge on any atom is -0.493 e. The largest absolute Gasteiger partial charge is 0.493 e. The zero-order valence-corrected chi connectivity index (χ0v) is 10.8. The van der Waals surface area contributed by atoms with E-state index in [2.05, 4.69) is 4.74 Å². The fourth-order valence-corrected chi connectivity index (χ4v) is 2.03. The van der Waals surface area contributed by atoms with E-state index in [4.69, 9.17) is 4.74 Å². The Morgan fingerprint density at radius 2 is 2.15 bits per heavy atom. The first-order valence-corrected chi connectivity index (χ1v) is 6.39. The summed E-state index contributed by atoms with van der Waals surface area (Å²) in [4.78, 5) is 11.9. The van der Waals surface area contributed by atoms with Crippen LogP contribution in [-0.2, 0) is 11.2 Å². The van der Waals surface area contributed by atoms with E-state index in [-0.39, 0.29) is 18.8 Å². The summed E-state index contributed by atoms with van der Waals surface area (Å²) in [6.45, 7) is -0.879. The van der Waals surface area contributed by atoms with E-state index < -0.39 is 12.8 Å². The molecule has 0 saturated heterocycles. The molecular weight excluding hydrogens is 273 g/mol. The predicted octanol–water partition coefficient (Wildman–Crippen LogP) is 3.16. The molecule has 0 N–H and O–H groups in total. The van der Waals surface area contributed by atoms with Crippen molar-refractivity contribution in [2.75, 3.05) is 19.8 Å². The Morgan fingerprint density at radius 3 is 2.90 bits per heavy atom. The van der Waals surface area contributed by atoms with Crippen molar-refractivity contribution < 1.29 is 27.4 Å². The highest BCUT2D eigenvalue weighted by Crippen LogP contribution is 2.26. The van der Waals surface area contributed by atoms with Crippen LogP contribution in [0.2, 0.25) is 0 Å². The lowest BCUT2D eigenvalue weighted by Gasteiger charge is -2.17. The molecule has 0 aromatic heterocycles. The number of hydrogen-bond acceptors (Lipinski definition) is 3. The van der Waals surface area contributed by atoms with Gasteiger partial charge < -0.3 is 9.47 Å². The molecule has 6 heteroatoms. The number of ether oxygens (including phenoxy) is 2. The van der Waals surface area contributed by atoms with Gasteiger partial charge >= 0.3 is 6.18 Å². The quantitative estimate of drug-likeness (QED) is 0.616. The standard InChI is InChI=1S/C14H15F3O3/c15-14(16,17)9-19-7-5-12(18)10-3-4-13-11(8-10)2-1-6-20-13/h3-4,8H,1-2,5-7,9H2. The van der Waals surface area contributed by atoms with Crippen molar-refractivity contribution in [2.24, 2.45) is 0 Å². The maximum atomic E-state index is 11.9. The third kappa shape index (κ3) is 4.23. The molecule has 1 heterocycles. The summed E-state index contributed by atoms with van der Waals surface area (Å²) in [5.41, 5.74) is 1.46. The normalized spacial score (nSPS) is 14.6. The summed E-state index contributed by atoms with van der Waals surface area (Å²) < 4.78 is 45.5. The van der Waals surface area contributed by atoms with Crippen LogP contribution in [0, 0.1) is 0 Å². The number of fused-ring (bicyclic) bond motifs is 1. The van der Waals surface area contributed by atoms with E-state index >= 15 is 0 Å². The van der Waals surface area contributed by atoms with Crippen LogP contribution in [0.4, 0.5) is 13.2 Å². The van der Waals surface area contributed by atoms with E-state index in [9.17, 15) is 18.0 Å². The van der Waals surface area contributed by atoms with Gasteiger partial charge in [0, 0.05) is 12.0 Å². The Hall–Kier alpha value is -1.56. The number of ketones is 1. The molecule has 1 aromatic carbocycles. The first-order valence-electron chi connectivity index (χ1n) is 6.39. The average Bonchev–Trinajstić information content (AvgIpc) is 2.42. The smallest absolute Gasteiger partial charge is 0.411 e. The number of halogens is 3. The van der Waals surface area contributed by atoms with Gasteiger partial charge in [0.15, 0.2) is 5.78 Å². The van der Waals surface area contributed by atoms with Gasteiger partial charge in [-0.3, -0.25) is 4.79 Å². The van der Waals surface area contributed by atoms with Crippen molar-refractivity contribution in [1.82, 2.24) is 0 Å². The number of carbonyl (C=O) groups is 1. The molecule has 0 aliphatic carbocycles. The second kappa shape index (κ2) is 6.26. The van der Waals surface area contributed by atoms with E-state index in [0.29, 0.717) is 12.2 Å². The maximum Gasteiger partial charge on any atom is 0.411 e. The molecule has 110 valence electrons. The number of hydrogen-bond donors (Lipinski definition) is 0. The van der Waals surface area contributed by atoms with Gasteiger partial charge in [0.05, 0.1) is 13.2 Å². The van der Waals surface area contributed by atoms with Gasteiger partial charge in [0.25, 0.3) is 0 Å². The van der Waals surface area contributed by atoms with Crippen molar-refractivity contribution in [3.63, 3.8) is 0 Å². The number of aryl methyl sites for hydroxylation is 1. The molecule has 0 unspecified atom stereocenters. The van der Waals surface area contributed by atoms with Crippen LogP contribution < -0.4 is 4.74 Å². The molecule has 0 bridgehead atoms. The number of carbonyl (C=O) groups excluding carboxylic acids is 1. The van der Waals surface area contributed by atoms with Crippen LogP contribution in [0.5, 0.6) is 5.75 Å². The fourth-order valence-electron chi connectivity index (χ4n) is 2.03. The minimum absolute atomic E-state index is 0.0598. The fraction of sp³-hybridized carbons (Fsp3) is 0.500. The van der Waals surface area contributed by atoms with E-state index in [0.717, 1.165) is 24.2 Å². The van der Waals surface area contributed by atoms with Crippen LogP contribution in [0.1, 0.15) is 28.8 Å². The third-order valence-corrected chi connectivity index (χ3v) is 2.97. The Kier molecular flexibility index (Phi) is 4.65. The lowest BCUT2D eigenvalue weighted by atomic mass is 10.0. The van der Waals surface area contributed by atoms with Gasteiger partial charge in [0.2, 0.25) is 0 Å². The summed E-state index contributed by atoms with van der Waals surface area (Å²) in [6.07, 6.45) is -2.66. The van der Waals surface area contributed by atoms with Gasteiger partial charge in [-0.05, 0) is 36.6 Å². The first-order chi connectivity index (χ1) is 9.46.